The second-order valence-corrected chi connectivity index (χ2v) is 14.0. The maximum atomic E-state index is 15.0. The van der Waals surface area contributed by atoms with Crippen LogP contribution in [-0.4, -0.2) is 88.3 Å². The summed E-state index contributed by atoms with van der Waals surface area (Å²) in [6, 6.07) is 8.32. The maximum Gasteiger partial charge on any atom is 0.508 e. The number of hydrogen-bond acceptors (Lipinski definition) is 12. The minimum Gasteiger partial charge on any atom is -0.444 e. The van der Waals surface area contributed by atoms with Crippen molar-refractivity contribution in [2.75, 3.05) is 49.2 Å². The highest BCUT2D eigenvalue weighted by atomic mass is 19.1. The maximum absolute atomic E-state index is 15.0. The molecule has 3 heterocycles. The van der Waals surface area contributed by atoms with Crippen molar-refractivity contribution in [2.24, 2.45) is 10.9 Å². The molecule has 1 aromatic carbocycles. The SMILES string of the molecule is CN=C(c1cc(-c2nc(Nc3ccc(N4CCN(C(=O)OC(C)(C)C)C(COC(=O)OC(C)(C)C)C4)cn3)ncc2F)ccc1N)C(C)C. The Morgan fingerprint density at radius 1 is 1.04 bits per heavy atom. The molecule has 2 aromatic heterocycles. The molecule has 1 saturated heterocycles. The van der Waals surface area contributed by atoms with Crippen molar-refractivity contribution in [1.29, 1.82) is 0 Å². The van der Waals surface area contributed by atoms with Gasteiger partial charge in [-0.3, -0.25) is 9.89 Å². The fourth-order valence-electron chi connectivity index (χ4n) is 5.24. The van der Waals surface area contributed by atoms with Crippen LogP contribution in [0.1, 0.15) is 61.0 Å². The summed E-state index contributed by atoms with van der Waals surface area (Å²) in [5, 5.41) is 3.05. The van der Waals surface area contributed by atoms with Crippen molar-refractivity contribution in [3.05, 3.63) is 54.1 Å². The van der Waals surface area contributed by atoms with Gasteiger partial charge in [-0.2, -0.15) is 0 Å². The Kier molecular flexibility index (Phi) is 11.3. The number of ether oxygens (including phenoxy) is 3. The van der Waals surface area contributed by atoms with E-state index in [9.17, 15) is 14.0 Å². The van der Waals surface area contributed by atoms with E-state index < -0.39 is 35.3 Å². The molecule has 1 fully saturated rings. The monoisotopic (exact) mass is 678 g/mol. The molecule has 3 N–H and O–H groups in total. The van der Waals surface area contributed by atoms with Crippen molar-refractivity contribution in [3.63, 3.8) is 0 Å². The number of amides is 1. The number of aliphatic imine (C=N–C) groups is 1. The van der Waals surface area contributed by atoms with Crippen molar-refractivity contribution in [2.45, 2.75) is 72.6 Å². The molecule has 1 aliphatic rings. The predicted octanol–water partition coefficient (Wildman–Crippen LogP) is 6.46. The first kappa shape index (κ1) is 36.8. The minimum absolute atomic E-state index is 0.0819. The normalized spacial score (nSPS) is 15.7. The van der Waals surface area contributed by atoms with Crippen molar-refractivity contribution < 1.29 is 28.2 Å². The van der Waals surface area contributed by atoms with Gasteiger partial charge in [0.2, 0.25) is 5.95 Å². The molecule has 0 spiro atoms. The van der Waals surface area contributed by atoms with Crippen LogP contribution in [0.3, 0.4) is 0 Å². The lowest BCUT2D eigenvalue weighted by molar-refractivity contribution is -0.0262. The van der Waals surface area contributed by atoms with Gasteiger partial charge in [-0.15, -0.1) is 0 Å². The second kappa shape index (κ2) is 15.0. The number of nitrogens with zero attached hydrogens (tertiary/aromatic N) is 6. The summed E-state index contributed by atoms with van der Waals surface area (Å²) in [5.74, 6) is 0.138. The number of halogens is 1. The van der Waals surface area contributed by atoms with E-state index in [2.05, 4.69) is 25.3 Å². The molecule has 0 saturated carbocycles. The van der Waals surface area contributed by atoms with E-state index in [4.69, 9.17) is 19.9 Å². The molecule has 4 rings (SSSR count). The first-order valence-corrected chi connectivity index (χ1v) is 16.2. The smallest absolute Gasteiger partial charge is 0.444 e. The minimum atomic E-state index is -0.816. The number of benzene rings is 1. The Bertz CT molecular complexity index is 1670. The average molecular weight is 679 g/mol. The van der Waals surface area contributed by atoms with Gasteiger partial charge in [-0.1, -0.05) is 19.9 Å². The van der Waals surface area contributed by atoms with Crippen LogP contribution in [0.5, 0.6) is 0 Å². The summed E-state index contributed by atoms with van der Waals surface area (Å²) < 4.78 is 31.3. The molecule has 1 atom stereocenters. The quantitative estimate of drug-likeness (QED) is 0.153. The van der Waals surface area contributed by atoms with Gasteiger partial charge in [0.05, 0.1) is 24.1 Å². The topological polar surface area (TPSA) is 157 Å². The Hall–Kier alpha value is -5.01. The van der Waals surface area contributed by atoms with Gasteiger partial charge in [-0.25, -0.2) is 28.9 Å². The second-order valence-electron chi connectivity index (χ2n) is 14.0. The summed E-state index contributed by atoms with van der Waals surface area (Å²) in [5.41, 5.74) is 8.34. The largest absolute Gasteiger partial charge is 0.508 e. The Morgan fingerprint density at radius 2 is 1.76 bits per heavy atom. The van der Waals surface area contributed by atoms with E-state index in [1.54, 1.807) is 84.0 Å². The molecule has 1 amide bonds. The van der Waals surface area contributed by atoms with Crippen LogP contribution < -0.4 is 16.0 Å². The number of nitrogens with one attached hydrogen (secondary N) is 1. The van der Waals surface area contributed by atoms with Gasteiger partial charge in [0.15, 0.2) is 5.82 Å². The van der Waals surface area contributed by atoms with Crippen molar-refractivity contribution in [3.8, 4) is 11.3 Å². The molecule has 1 aliphatic heterocycles. The Labute approximate surface area is 287 Å². The number of anilines is 4. The lowest BCUT2D eigenvalue weighted by Crippen LogP contribution is -2.58. The number of hydrogen-bond donors (Lipinski definition) is 2. The van der Waals surface area contributed by atoms with E-state index in [1.807, 2.05) is 24.8 Å². The fraction of sp³-hybridized carbons (Fsp3) is 0.486. The standard InChI is InChI=1S/C35H47FN8O5/c1-21(2)29(38-9)25-16-22(10-12-27(25)37)30-26(36)18-40-31(42-30)41-28-13-11-23(17-39-28)43-14-15-44(32(45)48-34(3,4)5)24(19-43)20-47-33(46)49-35(6,7)8/h10-13,16-18,21,24H,14-15,19-20,37H2,1-9H3,(H,39,40,41,42). The predicted molar refractivity (Wildman–Crippen MR) is 188 cm³/mol. The summed E-state index contributed by atoms with van der Waals surface area (Å²) in [6.45, 7) is 15.8. The van der Waals surface area contributed by atoms with Crippen molar-refractivity contribution in [1.82, 2.24) is 19.9 Å². The zero-order valence-corrected chi connectivity index (χ0v) is 29.7. The third kappa shape index (κ3) is 10.00. The molecule has 14 heteroatoms. The van der Waals surface area contributed by atoms with Gasteiger partial charge < -0.3 is 30.2 Å². The number of pyridine rings is 1. The zero-order valence-electron chi connectivity index (χ0n) is 29.7. The molecule has 1 unspecified atom stereocenters. The number of rotatable bonds is 8. The number of piperazine rings is 1. The van der Waals surface area contributed by atoms with E-state index in [0.717, 1.165) is 23.2 Å². The Balaban J connectivity index is 1.49. The van der Waals surface area contributed by atoms with Crippen LogP contribution in [0.15, 0.2) is 47.7 Å². The lowest BCUT2D eigenvalue weighted by atomic mass is 9.95. The first-order chi connectivity index (χ1) is 22.9. The third-order valence-corrected chi connectivity index (χ3v) is 7.38. The number of nitrogen functional groups attached to an aromatic ring is 1. The van der Waals surface area contributed by atoms with Crippen LogP contribution in [0.4, 0.5) is 37.1 Å². The molecule has 0 radical (unpaired) electrons. The number of aromatic nitrogens is 3. The van der Waals surface area contributed by atoms with Gasteiger partial charge >= 0.3 is 12.2 Å². The van der Waals surface area contributed by atoms with Gasteiger partial charge in [0.1, 0.15) is 29.3 Å². The van der Waals surface area contributed by atoms with Crippen LogP contribution in [0.25, 0.3) is 11.3 Å². The molecular weight excluding hydrogens is 631 g/mol. The third-order valence-electron chi connectivity index (χ3n) is 7.38. The molecule has 13 nitrogen and oxygen atoms in total. The van der Waals surface area contributed by atoms with Crippen LogP contribution in [-0.2, 0) is 14.2 Å². The highest BCUT2D eigenvalue weighted by Gasteiger charge is 2.35. The average Bonchev–Trinajstić information content (AvgIpc) is 3.00. The van der Waals surface area contributed by atoms with Crippen LogP contribution in [0.2, 0.25) is 0 Å². The molecular formula is C35H47FN8O5. The molecule has 0 aliphatic carbocycles. The zero-order chi connectivity index (χ0) is 36.1. The summed E-state index contributed by atoms with van der Waals surface area (Å²) in [6.07, 6.45) is 1.47. The van der Waals surface area contributed by atoms with Crippen LogP contribution >= 0.6 is 0 Å². The molecule has 49 heavy (non-hydrogen) atoms. The van der Waals surface area contributed by atoms with Crippen molar-refractivity contribution >= 4 is 41.1 Å². The molecule has 264 valence electrons. The summed E-state index contributed by atoms with van der Waals surface area (Å²) >= 11 is 0. The van der Waals surface area contributed by atoms with Crippen LogP contribution in [0, 0.1) is 11.7 Å². The highest BCUT2D eigenvalue weighted by molar-refractivity contribution is 6.06. The van der Waals surface area contributed by atoms with Gasteiger partial charge in [-0.05, 0) is 71.7 Å². The lowest BCUT2D eigenvalue weighted by Gasteiger charge is -2.42. The highest BCUT2D eigenvalue weighted by Crippen LogP contribution is 2.28. The number of carbonyl (C=O) groups excluding carboxylic acids is 2. The molecule has 3 aromatic rings. The van der Waals surface area contributed by atoms with Gasteiger partial charge in [0, 0.05) is 49.2 Å². The van der Waals surface area contributed by atoms with Gasteiger partial charge in [0.25, 0.3) is 0 Å². The molecule has 0 bridgehead atoms. The number of nitrogens with two attached hydrogens (primary N) is 1. The van der Waals surface area contributed by atoms with E-state index >= 15 is 0 Å². The number of carbonyl (C=O) groups is 2. The fourth-order valence-corrected chi connectivity index (χ4v) is 5.24. The Morgan fingerprint density at radius 3 is 2.37 bits per heavy atom. The van der Waals surface area contributed by atoms with E-state index in [0.29, 0.717) is 36.7 Å². The van der Waals surface area contributed by atoms with E-state index in [-0.39, 0.29) is 24.2 Å². The van der Waals surface area contributed by atoms with E-state index in [1.165, 1.54) is 0 Å². The summed E-state index contributed by atoms with van der Waals surface area (Å²) in [4.78, 5) is 46.4. The first-order valence-electron chi connectivity index (χ1n) is 16.2. The summed E-state index contributed by atoms with van der Waals surface area (Å²) in [7, 11) is 1.70.